The topological polar surface area (TPSA) is 118 Å². The van der Waals surface area contributed by atoms with Crippen LogP contribution < -0.4 is 0 Å². The molecule has 0 aliphatic heterocycles. The molecule has 0 aromatic carbocycles. The molecule has 0 heterocycles. The number of hydrogen-bond acceptors (Lipinski definition) is 8. The Morgan fingerprint density at radius 3 is 0.727 bits per heavy atom. The summed E-state index contributed by atoms with van der Waals surface area (Å²) < 4.78 is 24.9. The second-order valence-electron chi connectivity index (χ2n) is 8.45. The molecule has 0 radical (unpaired) electrons. The van der Waals surface area contributed by atoms with Gasteiger partial charge in [0.2, 0.25) is 0 Å². The molecule has 0 aliphatic carbocycles. The standard InChI is InChI=1S/4C6H13O2.Ti/c4*7-5-3-1-2-4-6-8;/h4*7H,1-6H2;/q4*-1;+4. The van der Waals surface area contributed by atoms with E-state index in [9.17, 15) is 0 Å². The fraction of sp³-hybridized carbons (Fsp3) is 1.00. The van der Waals surface area contributed by atoms with Crippen molar-refractivity contribution in [2.24, 2.45) is 0 Å². The van der Waals surface area contributed by atoms with Gasteiger partial charge in [-0.25, -0.2) is 0 Å². The van der Waals surface area contributed by atoms with Crippen molar-refractivity contribution in [3.05, 3.63) is 0 Å². The van der Waals surface area contributed by atoms with Gasteiger partial charge in [-0.15, -0.1) is 0 Å². The summed E-state index contributed by atoms with van der Waals surface area (Å²) in [5.74, 6) is 0. The average Bonchev–Trinajstić information content (AvgIpc) is 2.83. The molecular formula is C24H52O8Ti. The van der Waals surface area contributed by atoms with Crippen LogP contribution in [0.3, 0.4) is 0 Å². The van der Waals surface area contributed by atoms with Gasteiger partial charge in [-0.3, -0.25) is 0 Å². The third-order valence-electron chi connectivity index (χ3n) is 5.33. The molecule has 0 aromatic rings. The third kappa shape index (κ3) is 22.6. The molecule has 0 rings (SSSR count). The summed E-state index contributed by atoms with van der Waals surface area (Å²) in [6, 6.07) is 0. The van der Waals surface area contributed by atoms with Gasteiger partial charge < -0.3 is 0 Å². The second kappa shape index (κ2) is 27.0. The zero-order chi connectivity index (χ0) is 24.3. The first-order valence-corrected chi connectivity index (χ1v) is 15.8. The van der Waals surface area contributed by atoms with Crippen molar-refractivity contribution in [2.75, 3.05) is 52.9 Å². The molecule has 0 fully saturated rings. The fourth-order valence-corrected chi connectivity index (χ4v) is 6.55. The predicted molar refractivity (Wildman–Crippen MR) is 126 cm³/mol. The quantitative estimate of drug-likeness (QED) is 0.0908. The summed E-state index contributed by atoms with van der Waals surface area (Å²) >= 11 is -3.88. The van der Waals surface area contributed by atoms with Gasteiger partial charge in [0.25, 0.3) is 0 Å². The summed E-state index contributed by atoms with van der Waals surface area (Å²) in [7, 11) is 0. The minimum absolute atomic E-state index is 0.223. The second-order valence-corrected chi connectivity index (χ2v) is 11.8. The Morgan fingerprint density at radius 2 is 0.515 bits per heavy atom. The molecule has 9 heteroatoms. The van der Waals surface area contributed by atoms with Gasteiger partial charge in [0.1, 0.15) is 0 Å². The van der Waals surface area contributed by atoms with Gasteiger partial charge >= 0.3 is 207 Å². The molecule has 0 saturated carbocycles. The van der Waals surface area contributed by atoms with Crippen molar-refractivity contribution in [3.8, 4) is 0 Å². The molecule has 0 atom stereocenters. The number of rotatable bonds is 28. The van der Waals surface area contributed by atoms with E-state index in [4.69, 9.17) is 33.7 Å². The molecule has 4 N–H and O–H groups in total. The van der Waals surface area contributed by atoms with Crippen LogP contribution in [0, 0.1) is 0 Å². The van der Waals surface area contributed by atoms with Crippen LogP contribution in [-0.2, 0) is 31.4 Å². The van der Waals surface area contributed by atoms with Crippen LogP contribution in [0.15, 0.2) is 0 Å². The molecule has 0 aromatic heterocycles. The van der Waals surface area contributed by atoms with E-state index in [-0.39, 0.29) is 26.4 Å². The summed E-state index contributed by atoms with van der Waals surface area (Å²) in [6.45, 7) is 3.02. The van der Waals surface area contributed by atoms with Gasteiger partial charge in [-0.2, -0.15) is 0 Å². The van der Waals surface area contributed by atoms with E-state index in [0.717, 1.165) is 103 Å². The Kier molecular flexibility index (Phi) is 27.3. The molecule has 0 amide bonds. The molecular weight excluding hydrogens is 464 g/mol. The molecule has 0 unspecified atom stereocenters. The average molecular weight is 517 g/mol. The first-order chi connectivity index (χ1) is 16.2. The number of hydrogen-bond donors (Lipinski definition) is 4. The summed E-state index contributed by atoms with van der Waals surface area (Å²) in [6.07, 6.45) is 14.6. The Bertz CT molecular complexity index is 307. The van der Waals surface area contributed by atoms with Crippen molar-refractivity contribution in [1.29, 1.82) is 0 Å². The molecule has 0 aliphatic rings. The Balaban J connectivity index is 4.74. The van der Waals surface area contributed by atoms with Gasteiger partial charge in [0.05, 0.1) is 0 Å². The van der Waals surface area contributed by atoms with E-state index < -0.39 is 18.1 Å². The molecule has 0 bridgehead atoms. The maximum absolute atomic E-state index is 8.95. The Labute approximate surface area is 207 Å². The van der Waals surface area contributed by atoms with Crippen LogP contribution >= 0.6 is 0 Å². The van der Waals surface area contributed by atoms with E-state index in [1.165, 1.54) is 0 Å². The number of unbranched alkanes of at least 4 members (excludes halogenated alkanes) is 12. The first kappa shape index (κ1) is 33.4. The van der Waals surface area contributed by atoms with Crippen molar-refractivity contribution in [1.82, 2.24) is 0 Å². The normalized spacial score (nSPS) is 12.0. The zero-order valence-electron chi connectivity index (χ0n) is 20.9. The first-order valence-electron chi connectivity index (χ1n) is 13.2. The van der Waals surface area contributed by atoms with Crippen molar-refractivity contribution >= 4 is 0 Å². The summed E-state index contributed by atoms with van der Waals surface area (Å²) in [5.41, 5.74) is 0. The third-order valence-corrected chi connectivity index (χ3v) is 8.81. The SMILES string of the molecule is OCCCCCC[O][Ti]([O]CCCCCCO)([O]CCCCCCO)[O]CCCCCCO. The molecule has 33 heavy (non-hydrogen) atoms. The predicted octanol–water partition coefficient (Wildman–Crippen LogP) is 4.08. The van der Waals surface area contributed by atoms with E-state index in [1.807, 2.05) is 0 Å². The van der Waals surface area contributed by atoms with E-state index in [2.05, 4.69) is 0 Å². The van der Waals surface area contributed by atoms with Crippen LogP contribution in [0.5, 0.6) is 0 Å². The van der Waals surface area contributed by atoms with Crippen LogP contribution in [0.25, 0.3) is 0 Å². The van der Waals surface area contributed by atoms with Crippen molar-refractivity contribution in [3.63, 3.8) is 0 Å². The summed E-state index contributed by atoms with van der Waals surface area (Å²) in [4.78, 5) is 0. The number of aliphatic hydroxyl groups excluding tert-OH is 4. The monoisotopic (exact) mass is 516 g/mol. The fourth-order valence-electron chi connectivity index (χ4n) is 3.31. The van der Waals surface area contributed by atoms with Gasteiger partial charge in [0.15, 0.2) is 0 Å². The molecule has 200 valence electrons. The van der Waals surface area contributed by atoms with Gasteiger partial charge in [0, 0.05) is 0 Å². The number of aliphatic hydroxyl groups is 4. The zero-order valence-corrected chi connectivity index (χ0v) is 22.5. The molecule has 0 saturated heterocycles. The van der Waals surface area contributed by atoms with Gasteiger partial charge in [-0.05, 0) is 0 Å². The molecule has 0 spiro atoms. The molecule has 8 nitrogen and oxygen atoms in total. The Morgan fingerprint density at radius 1 is 0.303 bits per heavy atom. The van der Waals surface area contributed by atoms with E-state index >= 15 is 0 Å². The van der Waals surface area contributed by atoms with Crippen LogP contribution in [0.4, 0.5) is 0 Å². The van der Waals surface area contributed by atoms with Crippen molar-refractivity contribution in [2.45, 2.75) is 103 Å². The Hall–Kier alpha value is 0.394. The van der Waals surface area contributed by atoms with Crippen LogP contribution in [-0.4, -0.2) is 73.3 Å². The van der Waals surface area contributed by atoms with Crippen molar-refractivity contribution < 1.29 is 51.8 Å². The van der Waals surface area contributed by atoms with Crippen LogP contribution in [0.2, 0.25) is 0 Å². The van der Waals surface area contributed by atoms with Crippen LogP contribution in [0.1, 0.15) is 103 Å². The maximum atomic E-state index is 8.95. The van der Waals surface area contributed by atoms with E-state index in [0.29, 0.717) is 26.4 Å². The minimum atomic E-state index is -3.88. The summed E-state index contributed by atoms with van der Waals surface area (Å²) in [5, 5.41) is 35.8. The van der Waals surface area contributed by atoms with Gasteiger partial charge in [-0.1, -0.05) is 0 Å². The van der Waals surface area contributed by atoms with E-state index in [1.54, 1.807) is 0 Å².